The van der Waals surface area contributed by atoms with E-state index in [1.807, 2.05) is 23.6 Å². The molecule has 2 aromatic carbocycles. The zero-order valence-electron chi connectivity index (χ0n) is 38.2. The normalized spacial score (nSPS) is 22.1. The minimum atomic E-state index is -0.734. The number of hydrogen-bond donors (Lipinski definition) is 5. The minimum Gasteiger partial charge on any atom is -0.487 e. The maximum atomic E-state index is 14.7. The second-order valence-electron chi connectivity index (χ2n) is 17.2. The molecule has 1 saturated carbocycles. The van der Waals surface area contributed by atoms with E-state index < -0.39 is 17.8 Å². The van der Waals surface area contributed by atoms with E-state index in [0.29, 0.717) is 82.7 Å². The van der Waals surface area contributed by atoms with E-state index in [1.54, 1.807) is 36.5 Å². The van der Waals surface area contributed by atoms with Gasteiger partial charge in [-0.25, -0.2) is 14.4 Å². The van der Waals surface area contributed by atoms with Crippen molar-refractivity contribution in [3.05, 3.63) is 93.8 Å². The fourth-order valence-electron chi connectivity index (χ4n) is 9.02. The molecule has 1 aliphatic carbocycles. The van der Waals surface area contributed by atoms with E-state index in [9.17, 15) is 23.6 Å². The Morgan fingerprint density at radius 2 is 1.65 bits per heavy atom. The van der Waals surface area contributed by atoms with Crippen molar-refractivity contribution >= 4 is 63.2 Å². The van der Waals surface area contributed by atoms with Gasteiger partial charge < -0.3 is 49.3 Å². The predicted molar refractivity (Wildman–Crippen MR) is 254 cm³/mol. The number of carbonyl (C=O) groups is 4. The summed E-state index contributed by atoms with van der Waals surface area (Å²) in [6.07, 6.45) is 5.75. The van der Waals surface area contributed by atoms with Crippen LogP contribution in [0.3, 0.4) is 0 Å². The number of anilines is 3. The molecule has 4 aromatic rings. The molecule has 0 bridgehead atoms. The van der Waals surface area contributed by atoms with Crippen LogP contribution >= 0.6 is 22.9 Å². The third-order valence-corrected chi connectivity index (χ3v) is 13.5. The Labute approximate surface area is 408 Å². The first-order valence-corrected chi connectivity index (χ1v) is 24.6. The maximum absolute atomic E-state index is 14.7. The van der Waals surface area contributed by atoms with Crippen LogP contribution in [0.5, 0.6) is 5.75 Å². The number of pyridine rings is 1. The zero-order valence-corrected chi connectivity index (χ0v) is 39.8. The van der Waals surface area contributed by atoms with Crippen LogP contribution in [0.15, 0.2) is 66.2 Å². The number of benzene rings is 2. The van der Waals surface area contributed by atoms with Gasteiger partial charge in [0.05, 0.1) is 57.4 Å². The molecule has 5 heterocycles. The molecule has 0 spiro atoms. The number of fused-ring (bicyclic) bond motifs is 1. The summed E-state index contributed by atoms with van der Waals surface area (Å²) in [7, 11) is 0. The first-order chi connectivity index (χ1) is 33.7. The summed E-state index contributed by atoms with van der Waals surface area (Å²) in [6, 6.07) is 15.1. The highest BCUT2D eigenvalue weighted by Crippen LogP contribution is 2.50. The second kappa shape index (κ2) is 24.6. The highest BCUT2D eigenvalue weighted by molar-refractivity contribution is 7.13. The summed E-state index contributed by atoms with van der Waals surface area (Å²) in [5.41, 5.74) is 2.30. The summed E-state index contributed by atoms with van der Waals surface area (Å²) < 4.78 is 49.7. The highest BCUT2D eigenvalue weighted by atomic mass is 35.5. The van der Waals surface area contributed by atoms with E-state index in [1.165, 1.54) is 22.3 Å². The molecule has 8 rings (SSSR count). The molecule has 3 fully saturated rings. The third-order valence-electron chi connectivity index (χ3n) is 12.5. The molecule has 4 amide bonds. The SMILES string of the molecule is O=C1CCC(N2Cc3c(NC(=O)COCCNCCOCCOCCOCCN[C@@H]4OC4[C@]4(Cc5cccc(Nc6nccs6)n5)CC[C@@H](Oc5cccc(Cl)c5F)CC4)cccc3C2=O)C(=O)N1. The van der Waals surface area contributed by atoms with E-state index >= 15 is 0 Å². The monoisotopic (exact) mass is 992 g/mol. The number of thiazole rings is 1. The lowest BCUT2D eigenvalue weighted by molar-refractivity contribution is -0.137. The molecule has 3 aliphatic heterocycles. The first kappa shape index (κ1) is 50.2. The number of aromatic nitrogens is 2. The third kappa shape index (κ3) is 13.8. The number of ether oxygens (including phenoxy) is 6. The van der Waals surface area contributed by atoms with Crippen LogP contribution in [-0.4, -0.2) is 135 Å². The van der Waals surface area contributed by atoms with Crippen LogP contribution in [-0.2, 0) is 51.0 Å². The van der Waals surface area contributed by atoms with Crippen molar-refractivity contribution in [2.75, 3.05) is 83.1 Å². The molecule has 0 radical (unpaired) electrons. The van der Waals surface area contributed by atoms with Gasteiger partial charge in [-0.2, -0.15) is 0 Å². The Kier molecular flexibility index (Phi) is 17.9. The van der Waals surface area contributed by atoms with Gasteiger partial charge in [-0.1, -0.05) is 29.8 Å². The molecule has 2 aromatic heterocycles. The van der Waals surface area contributed by atoms with Gasteiger partial charge in [-0.05, 0) is 74.9 Å². The van der Waals surface area contributed by atoms with Gasteiger partial charge in [0.25, 0.3) is 5.91 Å². The van der Waals surface area contributed by atoms with Crippen LogP contribution in [0.1, 0.15) is 60.1 Å². The molecule has 3 atom stereocenters. The number of carbonyl (C=O) groups excluding carboxylic acids is 4. The Morgan fingerprint density at radius 1 is 0.913 bits per heavy atom. The van der Waals surface area contributed by atoms with Crippen molar-refractivity contribution in [1.29, 1.82) is 0 Å². The second-order valence-corrected chi connectivity index (χ2v) is 18.5. The smallest absolute Gasteiger partial charge is 0.255 e. The number of epoxide rings is 1. The summed E-state index contributed by atoms with van der Waals surface area (Å²) in [5, 5.41) is 17.8. The van der Waals surface area contributed by atoms with E-state index in [-0.39, 0.29) is 78.3 Å². The van der Waals surface area contributed by atoms with Crippen LogP contribution in [0.4, 0.5) is 21.0 Å². The summed E-state index contributed by atoms with van der Waals surface area (Å²) in [6.45, 7) is 4.77. The van der Waals surface area contributed by atoms with Crippen molar-refractivity contribution < 1.29 is 52.0 Å². The van der Waals surface area contributed by atoms with Gasteiger partial charge in [0, 0.05) is 72.1 Å². The highest BCUT2D eigenvalue weighted by Gasteiger charge is 2.55. The summed E-state index contributed by atoms with van der Waals surface area (Å²) >= 11 is 7.53. The fourth-order valence-corrected chi connectivity index (χ4v) is 9.72. The standard InChI is InChI=1S/C48H58ClFN8O10S/c49-35-6-3-8-38(42(35)50)67-32-12-14-48(15-13-32,28-31-4-1-9-39(54-31)56-47-53-19-27-69-47)43-45(68-43)52-18-22-64-24-26-65-25-23-63-20-16-51-17-21-66-30-41(60)55-36-7-2-5-33-34(36)29-58(46(33)62)37-10-11-40(59)57-44(37)61/h1-9,19,27,32,37,43,45,51-52H,10-18,20-26,28-30H2,(H,55,60)(H,53,54,56)(H,57,59,61)/t32-,37?,43?,45-,48-/m1/s1. The summed E-state index contributed by atoms with van der Waals surface area (Å²) in [4.78, 5) is 60.3. The van der Waals surface area contributed by atoms with Gasteiger partial charge in [-0.3, -0.25) is 29.8 Å². The van der Waals surface area contributed by atoms with Crippen molar-refractivity contribution in [2.45, 2.75) is 76.0 Å². The number of amides is 4. The molecule has 4 aliphatic rings. The minimum absolute atomic E-state index is 0.0217. The van der Waals surface area contributed by atoms with Crippen LogP contribution < -0.4 is 31.3 Å². The molecule has 370 valence electrons. The number of rotatable bonds is 27. The molecule has 69 heavy (non-hydrogen) atoms. The molecule has 18 nitrogen and oxygen atoms in total. The van der Waals surface area contributed by atoms with Crippen LogP contribution in [0, 0.1) is 11.2 Å². The average molecular weight is 994 g/mol. The number of piperidine rings is 1. The van der Waals surface area contributed by atoms with Crippen molar-refractivity contribution in [3.8, 4) is 5.75 Å². The lowest BCUT2D eigenvalue weighted by Crippen LogP contribution is -2.52. The number of nitrogens with zero attached hydrogens (tertiary/aromatic N) is 3. The largest absolute Gasteiger partial charge is 0.487 e. The van der Waals surface area contributed by atoms with Gasteiger partial charge in [-0.15, -0.1) is 11.3 Å². The van der Waals surface area contributed by atoms with Gasteiger partial charge >= 0.3 is 0 Å². The van der Waals surface area contributed by atoms with Gasteiger partial charge in [0.15, 0.2) is 16.7 Å². The Morgan fingerprint density at radius 3 is 2.42 bits per heavy atom. The lowest BCUT2D eigenvalue weighted by Gasteiger charge is -2.39. The van der Waals surface area contributed by atoms with Crippen molar-refractivity contribution in [2.24, 2.45) is 5.41 Å². The Hall–Kier alpha value is -5.16. The number of halogens is 2. The molecular formula is C48H58ClFN8O10S. The van der Waals surface area contributed by atoms with Crippen molar-refractivity contribution in [1.82, 2.24) is 30.8 Å². The topological polar surface area (TPSA) is 216 Å². The predicted octanol–water partition coefficient (Wildman–Crippen LogP) is 4.99. The number of nitrogens with one attached hydrogen (secondary N) is 5. The van der Waals surface area contributed by atoms with E-state index in [4.69, 9.17) is 45.0 Å². The zero-order chi connectivity index (χ0) is 48.0. The van der Waals surface area contributed by atoms with Crippen molar-refractivity contribution in [3.63, 3.8) is 0 Å². The molecule has 5 N–H and O–H groups in total. The van der Waals surface area contributed by atoms with Gasteiger partial charge in [0.1, 0.15) is 30.8 Å². The number of imide groups is 1. The Bertz CT molecular complexity index is 2380. The van der Waals surface area contributed by atoms with Crippen LogP contribution in [0.2, 0.25) is 5.02 Å². The average Bonchev–Trinajstić information content (AvgIpc) is 3.80. The van der Waals surface area contributed by atoms with E-state index in [0.717, 1.165) is 48.7 Å². The maximum Gasteiger partial charge on any atom is 0.255 e. The van der Waals surface area contributed by atoms with Gasteiger partial charge in [0.2, 0.25) is 17.7 Å². The summed E-state index contributed by atoms with van der Waals surface area (Å²) in [5.74, 6) is -1.13. The van der Waals surface area contributed by atoms with E-state index in [2.05, 4.69) is 31.6 Å². The fraction of sp³-hybridized carbons (Fsp3) is 0.500. The Balaban J connectivity index is 0.648. The first-order valence-electron chi connectivity index (χ1n) is 23.4. The number of hydrogen-bond acceptors (Lipinski definition) is 16. The van der Waals surface area contributed by atoms with Crippen LogP contribution in [0.25, 0.3) is 0 Å². The molecular weight excluding hydrogens is 935 g/mol. The lowest BCUT2D eigenvalue weighted by atomic mass is 9.67. The quantitative estimate of drug-likeness (QED) is 0.0302. The molecule has 2 unspecified atom stereocenters. The molecule has 21 heteroatoms. The molecule has 2 saturated heterocycles.